The van der Waals surface area contributed by atoms with Gasteiger partial charge in [-0.2, -0.15) is 0 Å². The van der Waals surface area contributed by atoms with Gasteiger partial charge in [0.25, 0.3) is 0 Å². The van der Waals surface area contributed by atoms with Crippen molar-refractivity contribution in [2.75, 3.05) is 13.2 Å². The second-order valence-corrected chi connectivity index (χ2v) is 6.50. The van der Waals surface area contributed by atoms with E-state index in [1.807, 2.05) is 30.3 Å². The standard InChI is InChI=1S/C20H19NO5/c22-19(10-13-5-6-17-18(9-13)26-8-7-25-17)21-12-15-4-2-1-3-14(15)11-16(21)20(23)24/h1-6,9,16H,7-8,10-12H2,(H,23,24)/t16-/m0/s1. The highest BCUT2D eigenvalue weighted by Crippen LogP contribution is 2.31. The molecular weight excluding hydrogens is 334 g/mol. The molecule has 2 aromatic carbocycles. The molecule has 1 amide bonds. The van der Waals surface area contributed by atoms with E-state index >= 15 is 0 Å². The van der Waals surface area contributed by atoms with Gasteiger partial charge in [0.1, 0.15) is 19.3 Å². The summed E-state index contributed by atoms with van der Waals surface area (Å²) in [6.07, 6.45) is 0.459. The molecule has 0 saturated carbocycles. The molecule has 0 fully saturated rings. The molecule has 2 heterocycles. The summed E-state index contributed by atoms with van der Waals surface area (Å²) in [5, 5.41) is 9.58. The number of nitrogens with zero attached hydrogens (tertiary/aromatic N) is 1. The molecule has 0 saturated heterocycles. The van der Waals surface area contributed by atoms with Crippen LogP contribution in [-0.2, 0) is 29.0 Å². The first-order chi connectivity index (χ1) is 12.6. The predicted molar refractivity (Wildman–Crippen MR) is 93.3 cm³/mol. The Morgan fingerprint density at radius 2 is 1.77 bits per heavy atom. The summed E-state index contributed by atoms with van der Waals surface area (Å²) in [4.78, 5) is 26.0. The van der Waals surface area contributed by atoms with Crippen molar-refractivity contribution in [3.8, 4) is 11.5 Å². The highest BCUT2D eigenvalue weighted by atomic mass is 16.6. The number of carboxylic acids is 1. The van der Waals surface area contributed by atoms with Crippen molar-refractivity contribution < 1.29 is 24.2 Å². The van der Waals surface area contributed by atoms with Crippen LogP contribution in [0.3, 0.4) is 0 Å². The molecule has 6 heteroatoms. The number of benzene rings is 2. The zero-order chi connectivity index (χ0) is 18.1. The number of carbonyl (C=O) groups excluding carboxylic acids is 1. The zero-order valence-corrected chi connectivity index (χ0v) is 14.2. The highest BCUT2D eigenvalue weighted by molar-refractivity contribution is 5.86. The monoisotopic (exact) mass is 353 g/mol. The Hall–Kier alpha value is -3.02. The van der Waals surface area contributed by atoms with Crippen molar-refractivity contribution in [1.29, 1.82) is 0 Å². The predicted octanol–water partition coefficient (Wildman–Crippen LogP) is 2.04. The number of carbonyl (C=O) groups is 2. The van der Waals surface area contributed by atoms with Crippen LogP contribution in [0.2, 0.25) is 0 Å². The van der Waals surface area contributed by atoms with Crippen LogP contribution in [0.25, 0.3) is 0 Å². The summed E-state index contributed by atoms with van der Waals surface area (Å²) >= 11 is 0. The summed E-state index contributed by atoms with van der Waals surface area (Å²) < 4.78 is 11.0. The summed E-state index contributed by atoms with van der Waals surface area (Å²) in [7, 11) is 0. The number of hydrogen-bond acceptors (Lipinski definition) is 4. The lowest BCUT2D eigenvalue weighted by molar-refractivity contribution is -0.151. The fourth-order valence-electron chi connectivity index (χ4n) is 3.48. The number of rotatable bonds is 3. The number of ether oxygens (including phenoxy) is 2. The molecule has 2 aromatic rings. The lowest BCUT2D eigenvalue weighted by atomic mass is 9.93. The fourth-order valence-corrected chi connectivity index (χ4v) is 3.48. The van der Waals surface area contributed by atoms with Gasteiger partial charge in [0.15, 0.2) is 11.5 Å². The normalized spacial score (nSPS) is 18.2. The number of amides is 1. The lowest BCUT2D eigenvalue weighted by Crippen LogP contribution is -2.49. The van der Waals surface area contributed by atoms with E-state index in [0.717, 1.165) is 16.7 Å². The first-order valence-corrected chi connectivity index (χ1v) is 8.59. The van der Waals surface area contributed by atoms with Crippen LogP contribution in [0.15, 0.2) is 42.5 Å². The fraction of sp³-hybridized carbons (Fsp3) is 0.300. The lowest BCUT2D eigenvalue weighted by Gasteiger charge is -2.34. The van der Waals surface area contributed by atoms with Crippen LogP contribution in [0.4, 0.5) is 0 Å². The van der Waals surface area contributed by atoms with E-state index in [0.29, 0.717) is 37.7 Å². The molecule has 134 valence electrons. The topological polar surface area (TPSA) is 76.1 Å². The highest BCUT2D eigenvalue weighted by Gasteiger charge is 2.34. The van der Waals surface area contributed by atoms with Crippen LogP contribution >= 0.6 is 0 Å². The van der Waals surface area contributed by atoms with Gasteiger partial charge in [-0.3, -0.25) is 4.79 Å². The van der Waals surface area contributed by atoms with E-state index in [-0.39, 0.29) is 12.3 Å². The Morgan fingerprint density at radius 1 is 1.04 bits per heavy atom. The van der Waals surface area contributed by atoms with E-state index in [9.17, 15) is 14.7 Å². The molecule has 1 N–H and O–H groups in total. The third-order valence-corrected chi connectivity index (χ3v) is 4.82. The van der Waals surface area contributed by atoms with Crippen molar-refractivity contribution in [3.05, 3.63) is 59.2 Å². The minimum atomic E-state index is -0.977. The molecular formula is C20H19NO5. The van der Waals surface area contributed by atoms with Gasteiger partial charge in [0, 0.05) is 13.0 Å². The number of aliphatic carboxylic acids is 1. The van der Waals surface area contributed by atoms with Crippen LogP contribution in [-0.4, -0.2) is 41.1 Å². The van der Waals surface area contributed by atoms with Gasteiger partial charge in [-0.15, -0.1) is 0 Å². The van der Waals surface area contributed by atoms with E-state index in [1.165, 1.54) is 4.90 Å². The van der Waals surface area contributed by atoms with Crippen LogP contribution in [0.5, 0.6) is 11.5 Å². The largest absolute Gasteiger partial charge is 0.486 e. The van der Waals surface area contributed by atoms with Crippen LogP contribution < -0.4 is 9.47 Å². The molecule has 4 rings (SSSR count). The molecule has 2 aliphatic rings. The molecule has 6 nitrogen and oxygen atoms in total. The molecule has 2 aliphatic heterocycles. The second kappa shape index (κ2) is 6.71. The maximum atomic E-state index is 12.9. The third kappa shape index (κ3) is 3.10. The minimum absolute atomic E-state index is 0.128. The van der Waals surface area contributed by atoms with Crippen LogP contribution in [0.1, 0.15) is 16.7 Å². The Balaban J connectivity index is 1.55. The smallest absolute Gasteiger partial charge is 0.326 e. The Kier molecular flexibility index (Phi) is 4.24. The number of hydrogen-bond donors (Lipinski definition) is 1. The quantitative estimate of drug-likeness (QED) is 0.914. The second-order valence-electron chi connectivity index (χ2n) is 6.50. The van der Waals surface area contributed by atoms with E-state index < -0.39 is 12.0 Å². The first kappa shape index (κ1) is 16.4. The summed E-state index contributed by atoms with van der Waals surface area (Å²) in [6.45, 7) is 1.31. The van der Waals surface area contributed by atoms with E-state index in [1.54, 1.807) is 12.1 Å². The van der Waals surface area contributed by atoms with Crippen molar-refractivity contribution in [2.45, 2.75) is 25.4 Å². The summed E-state index contributed by atoms with van der Waals surface area (Å²) in [5.41, 5.74) is 2.77. The van der Waals surface area contributed by atoms with Crippen molar-refractivity contribution >= 4 is 11.9 Å². The Morgan fingerprint density at radius 3 is 2.54 bits per heavy atom. The molecule has 0 bridgehead atoms. The summed E-state index contributed by atoms with van der Waals surface area (Å²) in [5.74, 6) is 0.113. The van der Waals surface area contributed by atoms with Gasteiger partial charge in [0.2, 0.25) is 5.91 Å². The molecule has 0 unspecified atom stereocenters. The molecule has 0 spiro atoms. The maximum Gasteiger partial charge on any atom is 0.326 e. The Bertz CT molecular complexity index is 863. The Labute approximate surface area is 151 Å². The van der Waals surface area contributed by atoms with Gasteiger partial charge in [-0.1, -0.05) is 30.3 Å². The van der Waals surface area contributed by atoms with E-state index in [2.05, 4.69) is 0 Å². The van der Waals surface area contributed by atoms with E-state index in [4.69, 9.17) is 9.47 Å². The average Bonchev–Trinajstić information content (AvgIpc) is 2.66. The number of carboxylic acid groups (broad SMARTS) is 1. The zero-order valence-electron chi connectivity index (χ0n) is 14.2. The molecule has 0 aliphatic carbocycles. The van der Waals surface area contributed by atoms with Crippen LogP contribution in [0, 0.1) is 0 Å². The van der Waals surface area contributed by atoms with Gasteiger partial charge >= 0.3 is 5.97 Å². The molecule has 1 atom stereocenters. The van der Waals surface area contributed by atoms with Gasteiger partial charge < -0.3 is 19.5 Å². The summed E-state index contributed by atoms with van der Waals surface area (Å²) in [6, 6.07) is 12.2. The first-order valence-electron chi connectivity index (χ1n) is 8.59. The average molecular weight is 353 g/mol. The molecule has 26 heavy (non-hydrogen) atoms. The third-order valence-electron chi connectivity index (χ3n) is 4.82. The SMILES string of the molecule is O=C(O)[C@@H]1Cc2ccccc2CN1C(=O)Cc1ccc2c(c1)OCCO2. The number of fused-ring (bicyclic) bond motifs is 2. The van der Waals surface area contributed by atoms with Crippen molar-refractivity contribution in [1.82, 2.24) is 4.90 Å². The van der Waals surface area contributed by atoms with Crippen molar-refractivity contribution in [3.63, 3.8) is 0 Å². The maximum absolute atomic E-state index is 12.9. The van der Waals surface area contributed by atoms with Gasteiger partial charge in [0.05, 0.1) is 6.42 Å². The minimum Gasteiger partial charge on any atom is -0.486 e. The van der Waals surface area contributed by atoms with Crippen molar-refractivity contribution in [2.24, 2.45) is 0 Å². The molecule has 0 aromatic heterocycles. The molecule has 0 radical (unpaired) electrons. The van der Waals surface area contributed by atoms with Gasteiger partial charge in [-0.25, -0.2) is 4.79 Å². The van der Waals surface area contributed by atoms with Gasteiger partial charge in [-0.05, 0) is 28.8 Å².